The van der Waals surface area contributed by atoms with Crippen LogP contribution in [0.1, 0.15) is 6.92 Å². The van der Waals surface area contributed by atoms with Crippen molar-refractivity contribution < 1.29 is 22.7 Å². The number of carbonyl (C=O) groups excluding carboxylic acids is 1. The molecule has 35 heavy (non-hydrogen) atoms. The second kappa shape index (κ2) is 9.94. The highest BCUT2D eigenvalue weighted by Gasteiger charge is 2.21. The normalized spacial score (nSPS) is 11.3. The topological polar surface area (TPSA) is 134 Å². The second-order valence-corrected chi connectivity index (χ2v) is 9.52. The third-order valence-corrected chi connectivity index (χ3v) is 6.96. The molecule has 0 spiro atoms. The van der Waals surface area contributed by atoms with Crippen LogP contribution in [0.5, 0.6) is 11.5 Å². The highest BCUT2D eigenvalue weighted by Crippen LogP contribution is 2.25. The zero-order valence-electron chi connectivity index (χ0n) is 19.1. The molecule has 0 aliphatic carbocycles. The smallest absolute Gasteiger partial charge is 0.323 e. The number of amides is 1. The van der Waals surface area contributed by atoms with Gasteiger partial charge in [0.25, 0.3) is 15.9 Å². The maximum absolute atomic E-state index is 12.9. The van der Waals surface area contributed by atoms with Crippen molar-refractivity contribution in [1.29, 1.82) is 0 Å². The number of hydrogen-bond acceptors (Lipinski definition) is 6. The number of ether oxygens (including phenoxy) is 2. The van der Waals surface area contributed by atoms with Gasteiger partial charge in [0, 0.05) is 12.7 Å². The number of benzene rings is 3. The lowest BCUT2D eigenvalue weighted by molar-refractivity contribution is -0.118. The highest BCUT2D eigenvalue weighted by atomic mass is 32.2. The number of carbonyl (C=O) groups is 1. The predicted molar refractivity (Wildman–Crippen MR) is 133 cm³/mol. The molecule has 3 N–H and O–H groups in total. The highest BCUT2D eigenvalue weighted by molar-refractivity contribution is 7.92. The summed E-state index contributed by atoms with van der Waals surface area (Å²) in [6.07, 6.45) is 0. The van der Waals surface area contributed by atoms with Crippen LogP contribution < -0.4 is 24.8 Å². The van der Waals surface area contributed by atoms with Crippen LogP contribution in [0, 0.1) is 0 Å². The Morgan fingerprint density at radius 3 is 2.23 bits per heavy atom. The Morgan fingerprint density at radius 2 is 1.54 bits per heavy atom. The first-order valence-corrected chi connectivity index (χ1v) is 12.2. The first kappa shape index (κ1) is 23.9. The van der Waals surface area contributed by atoms with Crippen LogP contribution >= 0.6 is 0 Å². The summed E-state index contributed by atoms with van der Waals surface area (Å²) in [5, 5.41) is 2.70. The van der Waals surface area contributed by atoms with Gasteiger partial charge in [0.1, 0.15) is 11.5 Å². The molecule has 0 atom stereocenters. The van der Waals surface area contributed by atoms with Crippen molar-refractivity contribution >= 4 is 38.3 Å². The Labute approximate surface area is 201 Å². The molecule has 0 aliphatic heterocycles. The Bertz CT molecular complexity index is 1490. The summed E-state index contributed by atoms with van der Waals surface area (Å²) in [7, 11) is -2.30. The first-order valence-electron chi connectivity index (χ1n) is 10.7. The van der Waals surface area contributed by atoms with Crippen LogP contribution in [-0.4, -0.2) is 44.6 Å². The maximum Gasteiger partial charge on any atom is 0.323 e. The number of imidazole rings is 1. The van der Waals surface area contributed by atoms with E-state index in [1.54, 1.807) is 54.6 Å². The van der Waals surface area contributed by atoms with E-state index in [9.17, 15) is 18.0 Å². The molecule has 0 aliphatic rings. The summed E-state index contributed by atoms with van der Waals surface area (Å²) in [5.41, 5.74) is 1.84. The molecule has 1 aromatic heterocycles. The molecule has 0 radical (unpaired) electrons. The molecule has 182 valence electrons. The lowest BCUT2D eigenvalue weighted by Crippen LogP contribution is -2.26. The van der Waals surface area contributed by atoms with Gasteiger partial charge in [-0.15, -0.1) is 0 Å². The molecule has 4 aromatic rings. The van der Waals surface area contributed by atoms with E-state index in [1.807, 2.05) is 6.92 Å². The summed E-state index contributed by atoms with van der Waals surface area (Å²) in [5.74, 6) is 0.613. The van der Waals surface area contributed by atoms with E-state index in [2.05, 4.69) is 15.3 Å². The number of nitrogens with one attached hydrogen (secondary N) is 3. The van der Waals surface area contributed by atoms with Gasteiger partial charge in [-0.25, -0.2) is 13.2 Å². The van der Waals surface area contributed by atoms with Crippen LogP contribution in [-0.2, 0) is 14.8 Å². The standard InChI is InChI=1S/C24H24N4O6S/c1-3-33-18-9-11-20(12-10-18)35(31,32)28(2)17-5-7-19(8-6-17)34-15-23(29)25-16-4-13-21-22(14-16)27-24(30)26-21/h4-14H,3,15H2,1-2H3,(H,25,29)(H2,26,27,30). The number of hydrogen-bond donors (Lipinski definition) is 3. The van der Waals surface area contributed by atoms with E-state index in [-0.39, 0.29) is 23.1 Å². The Hall–Kier alpha value is -4.25. The first-order chi connectivity index (χ1) is 16.8. The van der Waals surface area contributed by atoms with Crippen molar-refractivity contribution in [1.82, 2.24) is 9.97 Å². The predicted octanol–water partition coefficient (Wildman–Crippen LogP) is 3.10. The van der Waals surface area contributed by atoms with Gasteiger partial charge in [-0.1, -0.05) is 0 Å². The van der Waals surface area contributed by atoms with Crippen LogP contribution in [0.15, 0.2) is 76.4 Å². The van der Waals surface area contributed by atoms with Crippen molar-refractivity contribution in [2.24, 2.45) is 0 Å². The van der Waals surface area contributed by atoms with Crippen LogP contribution in [0.25, 0.3) is 11.0 Å². The van der Waals surface area contributed by atoms with Gasteiger partial charge >= 0.3 is 5.69 Å². The van der Waals surface area contributed by atoms with Gasteiger partial charge in [-0.2, -0.15) is 0 Å². The Morgan fingerprint density at radius 1 is 0.914 bits per heavy atom. The van der Waals surface area contributed by atoms with Crippen molar-refractivity contribution in [3.63, 3.8) is 0 Å². The fourth-order valence-corrected chi connectivity index (χ4v) is 4.58. The van der Waals surface area contributed by atoms with Crippen molar-refractivity contribution in [2.75, 3.05) is 29.9 Å². The summed E-state index contributed by atoms with van der Waals surface area (Å²) in [6, 6.07) is 17.6. The monoisotopic (exact) mass is 496 g/mol. The van der Waals surface area contributed by atoms with Gasteiger partial charge in [0.05, 0.1) is 28.2 Å². The number of sulfonamides is 1. The van der Waals surface area contributed by atoms with Crippen molar-refractivity contribution in [3.05, 3.63) is 77.2 Å². The Balaban J connectivity index is 1.36. The molecular weight excluding hydrogens is 472 g/mol. The number of rotatable bonds is 9. The average molecular weight is 497 g/mol. The van der Waals surface area contributed by atoms with Crippen LogP contribution in [0.2, 0.25) is 0 Å². The van der Waals surface area contributed by atoms with E-state index in [0.29, 0.717) is 40.5 Å². The summed E-state index contributed by atoms with van der Waals surface area (Å²) < 4.78 is 37.9. The molecule has 11 heteroatoms. The zero-order valence-corrected chi connectivity index (χ0v) is 19.9. The fraction of sp³-hybridized carbons (Fsp3) is 0.167. The fourth-order valence-electron chi connectivity index (χ4n) is 3.38. The minimum Gasteiger partial charge on any atom is -0.494 e. The summed E-state index contributed by atoms with van der Waals surface area (Å²) in [6.45, 7) is 2.10. The van der Waals surface area contributed by atoms with E-state index < -0.39 is 10.0 Å². The van der Waals surface area contributed by atoms with Crippen LogP contribution in [0.4, 0.5) is 11.4 Å². The van der Waals surface area contributed by atoms with Crippen molar-refractivity contribution in [2.45, 2.75) is 11.8 Å². The molecule has 1 heterocycles. The van der Waals surface area contributed by atoms with Gasteiger partial charge in [-0.3, -0.25) is 9.10 Å². The second-order valence-electron chi connectivity index (χ2n) is 7.55. The third-order valence-electron chi connectivity index (χ3n) is 5.16. The molecular formula is C24H24N4O6S. The van der Waals surface area contributed by atoms with E-state index >= 15 is 0 Å². The van der Waals surface area contributed by atoms with E-state index in [0.717, 1.165) is 0 Å². The van der Waals surface area contributed by atoms with Gasteiger partial charge < -0.3 is 24.8 Å². The summed E-state index contributed by atoms with van der Waals surface area (Å²) >= 11 is 0. The molecule has 3 aromatic carbocycles. The quantitative estimate of drug-likeness (QED) is 0.326. The average Bonchev–Trinajstić information content (AvgIpc) is 3.22. The Kier molecular flexibility index (Phi) is 6.78. The molecule has 0 fully saturated rings. The molecule has 10 nitrogen and oxygen atoms in total. The number of nitrogens with zero attached hydrogens (tertiary/aromatic N) is 1. The number of anilines is 2. The number of H-pyrrole nitrogens is 2. The van der Waals surface area contributed by atoms with E-state index in [4.69, 9.17) is 9.47 Å². The van der Waals surface area contributed by atoms with Gasteiger partial charge in [0.15, 0.2) is 6.61 Å². The van der Waals surface area contributed by atoms with Gasteiger partial charge in [0.2, 0.25) is 0 Å². The lowest BCUT2D eigenvalue weighted by atomic mass is 10.3. The minimum absolute atomic E-state index is 0.141. The molecule has 1 amide bonds. The molecule has 0 unspecified atom stereocenters. The minimum atomic E-state index is -3.76. The molecule has 4 rings (SSSR count). The third kappa shape index (κ3) is 5.46. The molecule has 0 bridgehead atoms. The maximum atomic E-state index is 12.9. The molecule has 0 saturated carbocycles. The van der Waals surface area contributed by atoms with Crippen LogP contribution in [0.3, 0.4) is 0 Å². The largest absolute Gasteiger partial charge is 0.494 e. The number of fused-ring (bicyclic) bond motifs is 1. The molecule has 0 saturated heterocycles. The zero-order chi connectivity index (χ0) is 25.0. The van der Waals surface area contributed by atoms with Gasteiger partial charge in [-0.05, 0) is 73.7 Å². The SMILES string of the molecule is CCOc1ccc(S(=O)(=O)N(C)c2ccc(OCC(=O)Nc3ccc4[nH]c(=O)[nH]c4c3)cc2)cc1. The number of aromatic amines is 2. The lowest BCUT2D eigenvalue weighted by Gasteiger charge is -2.20. The van der Waals surface area contributed by atoms with E-state index in [1.165, 1.54) is 23.5 Å². The summed E-state index contributed by atoms with van der Waals surface area (Å²) in [4.78, 5) is 29.0. The number of aromatic nitrogens is 2. The van der Waals surface area contributed by atoms with Crippen molar-refractivity contribution in [3.8, 4) is 11.5 Å².